The van der Waals surface area contributed by atoms with E-state index in [0.717, 1.165) is 38.2 Å². The fourth-order valence-electron chi connectivity index (χ4n) is 4.00. The molecule has 3 rings (SSSR count). The van der Waals surface area contributed by atoms with E-state index in [1.54, 1.807) is 0 Å². The zero-order valence-corrected chi connectivity index (χ0v) is 14.7. The molecule has 0 bridgehead atoms. The summed E-state index contributed by atoms with van der Waals surface area (Å²) in [6, 6.07) is 9.05. The van der Waals surface area contributed by atoms with Gasteiger partial charge in [-0.3, -0.25) is 9.69 Å². The van der Waals surface area contributed by atoms with Crippen LogP contribution >= 0.6 is 0 Å². The van der Waals surface area contributed by atoms with Gasteiger partial charge in [-0.1, -0.05) is 30.3 Å². The largest absolute Gasteiger partial charge is 0.352 e. The molecule has 2 unspecified atom stereocenters. The van der Waals surface area contributed by atoms with Gasteiger partial charge in [0, 0.05) is 19.1 Å². The van der Waals surface area contributed by atoms with E-state index in [0.29, 0.717) is 6.04 Å². The normalized spacial score (nSPS) is 22.6. The Morgan fingerprint density at radius 3 is 2.52 bits per heavy atom. The standard InChI is InChI=1S/C19H28N4O2/c20-19(25)21-17(15-7-2-1-3-8-15)13-18(24)23-12-6-9-16(14-23)22-10-4-5-11-22/h1-3,7-8,16-17H,4-6,9-14H2,(H3,20,21,25). The molecule has 3 amide bonds. The van der Waals surface area contributed by atoms with Gasteiger partial charge in [0.05, 0.1) is 12.5 Å². The van der Waals surface area contributed by atoms with E-state index in [2.05, 4.69) is 10.2 Å². The molecular weight excluding hydrogens is 316 g/mol. The van der Waals surface area contributed by atoms with E-state index in [4.69, 9.17) is 5.73 Å². The molecule has 2 aliphatic heterocycles. The van der Waals surface area contributed by atoms with Gasteiger partial charge in [-0.25, -0.2) is 4.79 Å². The molecule has 0 radical (unpaired) electrons. The van der Waals surface area contributed by atoms with Crippen molar-refractivity contribution in [2.75, 3.05) is 26.2 Å². The van der Waals surface area contributed by atoms with Crippen LogP contribution in [0.5, 0.6) is 0 Å². The molecule has 2 fully saturated rings. The van der Waals surface area contributed by atoms with Crippen molar-refractivity contribution in [1.29, 1.82) is 0 Å². The summed E-state index contributed by atoms with van der Waals surface area (Å²) in [5.74, 6) is 0.0894. The van der Waals surface area contributed by atoms with Crippen molar-refractivity contribution < 1.29 is 9.59 Å². The number of nitrogens with one attached hydrogen (secondary N) is 1. The van der Waals surface area contributed by atoms with Crippen molar-refractivity contribution in [2.45, 2.75) is 44.2 Å². The summed E-state index contributed by atoms with van der Waals surface area (Å²) in [5, 5.41) is 2.71. The number of hydrogen-bond acceptors (Lipinski definition) is 3. The Morgan fingerprint density at radius 2 is 1.84 bits per heavy atom. The highest BCUT2D eigenvalue weighted by Crippen LogP contribution is 2.23. The first-order valence-corrected chi connectivity index (χ1v) is 9.26. The van der Waals surface area contributed by atoms with Gasteiger partial charge in [-0.05, 0) is 44.3 Å². The number of carbonyl (C=O) groups is 2. The molecule has 1 aromatic rings. The fourth-order valence-corrected chi connectivity index (χ4v) is 4.00. The predicted octanol–water partition coefficient (Wildman–Crippen LogP) is 1.87. The van der Waals surface area contributed by atoms with Crippen LogP contribution in [0.3, 0.4) is 0 Å². The average molecular weight is 344 g/mol. The van der Waals surface area contributed by atoms with Crippen LogP contribution in [-0.2, 0) is 4.79 Å². The number of primary amides is 1. The predicted molar refractivity (Wildman–Crippen MR) is 96.9 cm³/mol. The van der Waals surface area contributed by atoms with Crippen molar-refractivity contribution >= 4 is 11.9 Å². The number of benzene rings is 1. The van der Waals surface area contributed by atoms with Crippen LogP contribution in [0.15, 0.2) is 30.3 Å². The van der Waals surface area contributed by atoms with E-state index in [-0.39, 0.29) is 18.4 Å². The van der Waals surface area contributed by atoms with Crippen molar-refractivity contribution in [3.8, 4) is 0 Å². The molecule has 0 aliphatic carbocycles. The summed E-state index contributed by atoms with van der Waals surface area (Å²) < 4.78 is 0. The fraction of sp³-hybridized carbons (Fsp3) is 0.579. The van der Waals surface area contributed by atoms with E-state index < -0.39 is 6.03 Å². The zero-order chi connectivity index (χ0) is 17.6. The third-order valence-electron chi connectivity index (χ3n) is 5.30. The van der Waals surface area contributed by atoms with Gasteiger partial charge in [0.1, 0.15) is 0 Å². The van der Waals surface area contributed by atoms with Crippen LogP contribution in [-0.4, -0.2) is 54.0 Å². The Morgan fingerprint density at radius 1 is 1.12 bits per heavy atom. The Bertz CT molecular complexity index is 586. The molecule has 6 heteroatoms. The van der Waals surface area contributed by atoms with E-state index in [9.17, 15) is 9.59 Å². The first kappa shape index (κ1) is 17.7. The molecule has 2 heterocycles. The molecule has 0 spiro atoms. The van der Waals surface area contributed by atoms with Gasteiger partial charge in [0.2, 0.25) is 5.91 Å². The number of carbonyl (C=O) groups excluding carboxylic acids is 2. The van der Waals surface area contributed by atoms with E-state index in [1.165, 1.54) is 19.3 Å². The number of urea groups is 1. The lowest BCUT2D eigenvalue weighted by Crippen LogP contribution is -2.49. The lowest BCUT2D eigenvalue weighted by molar-refractivity contribution is -0.133. The molecule has 0 saturated carbocycles. The molecule has 2 aliphatic rings. The smallest absolute Gasteiger partial charge is 0.312 e. The lowest BCUT2D eigenvalue weighted by Gasteiger charge is -2.38. The van der Waals surface area contributed by atoms with Crippen LogP contribution in [0.1, 0.15) is 43.7 Å². The van der Waals surface area contributed by atoms with Gasteiger partial charge in [-0.2, -0.15) is 0 Å². The molecule has 25 heavy (non-hydrogen) atoms. The van der Waals surface area contributed by atoms with Crippen LogP contribution in [0.2, 0.25) is 0 Å². The number of rotatable bonds is 5. The maximum Gasteiger partial charge on any atom is 0.312 e. The summed E-state index contributed by atoms with van der Waals surface area (Å²) in [4.78, 5) is 28.7. The monoisotopic (exact) mass is 344 g/mol. The number of nitrogens with two attached hydrogens (primary N) is 1. The molecule has 6 nitrogen and oxygen atoms in total. The number of nitrogens with zero attached hydrogens (tertiary/aromatic N) is 2. The minimum absolute atomic E-state index is 0.0894. The minimum atomic E-state index is -0.602. The van der Waals surface area contributed by atoms with Gasteiger partial charge in [-0.15, -0.1) is 0 Å². The van der Waals surface area contributed by atoms with Crippen molar-refractivity contribution in [2.24, 2.45) is 5.73 Å². The Labute approximate surface area is 149 Å². The first-order chi connectivity index (χ1) is 12.1. The molecule has 2 atom stereocenters. The summed E-state index contributed by atoms with van der Waals surface area (Å²) in [7, 11) is 0. The maximum atomic E-state index is 12.8. The molecular formula is C19H28N4O2. The third kappa shape index (κ3) is 4.72. The van der Waals surface area contributed by atoms with Crippen molar-refractivity contribution in [3.05, 3.63) is 35.9 Å². The van der Waals surface area contributed by atoms with Gasteiger partial charge in [0.25, 0.3) is 0 Å². The highest BCUT2D eigenvalue weighted by atomic mass is 16.2. The molecule has 0 aromatic heterocycles. The Kier molecular flexibility index (Phi) is 5.91. The average Bonchev–Trinajstić information content (AvgIpc) is 3.16. The highest BCUT2D eigenvalue weighted by molar-refractivity contribution is 5.79. The second-order valence-corrected chi connectivity index (χ2v) is 7.05. The highest BCUT2D eigenvalue weighted by Gasteiger charge is 2.30. The quantitative estimate of drug-likeness (QED) is 0.856. The molecule has 2 saturated heterocycles. The summed E-state index contributed by atoms with van der Waals surface area (Å²) in [6.07, 6.45) is 5.00. The summed E-state index contributed by atoms with van der Waals surface area (Å²) in [5.41, 5.74) is 6.21. The van der Waals surface area contributed by atoms with Gasteiger partial charge >= 0.3 is 6.03 Å². The first-order valence-electron chi connectivity index (χ1n) is 9.26. The SMILES string of the molecule is NC(=O)NC(CC(=O)N1CCCC(N2CCCC2)C1)c1ccccc1. The maximum absolute atomic E-state index is 12.8. The van der Waals surface area contributed by atoms with E-state index >= 15 is 0 Å². The number of amides is 3. The lowest BCUT2D eigenvalue weighted by atomic mass is 10.0. The second kappa shape index (κ2) is 8.34. The zero-order valence-electron chi connectivity index (χ0n) is 14.7. The number of likely N-dealkylation sites (tertiary alicyclic amines) is 2. The summed E-state index contributed by atoms with van der Waals surface area (Å²) >= 11 is 0. The third-order valence-corrected chi connectivity index (χ3v) is 5.30. The van der Waals surface area contributed by atoms with Crippen LogP contribution in [0.4, 0.5) is 4.79 Å². The number of piperidine rings is 1. The topological polar surface area (TPSA) is 78.7 Å². The van der Waals surface area contributed by atoms with Crippen LogP contribution in [0.25, 0.3) is 0 Å². The Balaban J connectivity index is 1.63. The van der Waals surface area contributed by atoms with Crippen LogP contribution < -0.4 is 11.1 Å². The molecule has 3 N–H and O–H groups in total. The second-order valence-electron chi connectivity index (χ2n) is 7.05. The van der Waals surface area contributed by atoms with Crippen LogP contribution in [0, 0.1) is 0 Å². The number of hydrogen-bond donors (Lipinski definition) is 2. The molecule has 1 aromatic carbocycles. The molecule has 136 valence electrons. The minimum Gasteiger partial charge on any atom is -0.352 e. The van der Waals surface area contributed by atoms with Gasteiger partial charge in [0.15, 0.2) is 0 Å². The van der Waals surface area contributed by atoms with Crippen molar-refractivity contribution in [3.63, 3.8) is 0 Å². The van der Waals surface area contributed by atoms with Crippen molar-refractivity contribution in [1.82, 2.24) is 15.1 Å². The van der Waals surface area contributed by atoms with E-state index in [1.807, 2.05) is 35.2 Å². The Hall–Kier alpha value is -2.08. The van der Waals surface area contributed by atoms with Gasteiger partial charge < -0.3 is 16.0 Å². The summed E-state index contributed by atoms with van der Waals surface area (Å²) in [6.45, 7) is 3.92.